The summed E-state index contributed by atoms with van der Waals surface area (Å²) < 4.78 is 32.3. The number of nitrogens with zero attached hydrogens (tertiary/aromatic N) is 2. The monoisotopic (exact) mass is 399 g/mol. The number of aromatic amines is 1. The summed E-state index contributed by atoms with van der Waals surface area (Å²) in [5, 5.41) is -0.0532. The third-order valence-corrected chi connectivity index (χ3v) is 5.11. The molecule has 136 valence electrons. The molecule has 2 aromatic carbocycles. The minimum absolute atomic E-state index is 0.419. The summed E-state index contributed by atoms with van der Waals surface area (Å²) >= 11 is 5.86. The molecule has 0 saturated carbocycles. The first kappa shape index (κ1) is 17.7. The maximum Gasteiger partial charge on any atom is 0.328 e. The van der Waals surface area contributed by atoms with Gasteiger partial charge in [-0.15, -0.1) is 0 Å². The fourth-order valence-electron chi connectivity index (χ4n) is 3.02. The molecule has 0 amide bonds. The molecule has 0 unspecified atom stereocenters. The van der Waals surface area contributed by atoms with Crippen LogP contribution in [0.1, 0.15) is 11.1 Å². The molecule has 2 heterocycles. The molecule has 8 heteroatoms. The summed E-state index contributed by atoms with van der Waals surface area (Å²) in [6.07, 6.45) is 2.27. The maximum atomic E-state index is 11.5. The van der Waals surface area contributed by atoms with E-state index in [2.05, 4.69) is 15.0 Å². The normalized spacial score (nSPS) is 11.8. The van der Waals surface area contributed by atoms with Gasteiger partial charge in [-0.3, -0.25) is 4.55 Å². The van der Waals surface area contributed by atoms with Gasteiger partial charge in [0.25, 0.3) is 5.16 Å². The molecule has 0 aliphatic rings. The van der Waals surface area contributed by atoms with Crippen molar-refractivity contribution in [2.75, 3.05) is 0 Å². The van der Waals surface area contributed by atoms with Gasteiger partial charge in [-0.05, 0) is 35.2 Å². The molecule has 0 bridgehead atoms. The average Bonchev–Trinajstić information content (AvgIpc) is 3.09. The number of hydrogen-bond donors (Lipinski definition) is 2. The lowest BCUT2D eigenvalue weighted by Crippen LogP contribution is -1.99. The SMILES string of the molecule is O=S(=O)(O)c1nc2c(-c3ccccc3)c(Cc3ccc(Cl)nc3)ccc2[nH]1. The van der Waals surface area contributed by atoms with Crippen molar-refractivity contribution in [1.82, 2.24) is 15.0 Å². The first-order chi connectivity index (χ1) is 12.9. The van der Waals surface area contributed by atoms with Crippen LogP contribution >= 0.6 is 11.6 Å². The lowest BCUT2D eigenvalue weighted by atomic mass is 9.94. The molecule has 2 N–H and O–H groups in total. The lowest BCUT2D eigenvalue weighted by molar-refractivity contribution is 0.476. The Morgan fingerprint density at radius 2 is 1.81 bits per heavy atom. The van der Waals surface area contributed by atoms with Gasteiger partial charge < -0.3 is 4.98 Å². The molecule has 0 radical (unpaired) electrons. The smallest absolute Gasteiger partial charge is 0.327 e. The van der Waals surface area contributed by atoms with Crippen molar-refractivity contribution in [3.8, 4) is 11.1 Å². The van der Waals surface area contributed by atoms with Crippen LogP contribution in [0.4, 0.5) is 0 Å². The first-order valence-electron chi connectivity index (χ1n) is 8.07. The van der Waals surface area contributed by atoms with Gasteiger partial charge in [-0.25, -0.2) is 9.97 Å². The average molecular weight is 400 g/mol. The predicted octanol–water partition coefficient (Wildman–Crippen LogP) is 4.12. The van der Waals surface area contributed by atoms with Gasteiger partial charge in [0.05, 0.1) is 11.0 Å². The van der Waals surface area contributed by atoms with Gasteiger partial charge in [0.15, 0.2) is 0 Å². The number of aromatic nitrogens is 3. The highest BCUT2D eigenvalue weighted by Gasteiger charge is 2.19. The van der Waals surface area contributed by atoms with Gasteiger partial charge in [-0.2, -0.15) is 8.42 Å². The molecule has 0 aliphatic carbocycles. The van der Waals surface area contributed by atoms with Crippen molar-refractivity contribution < 1.29 is 13.0 Å². The molecule has 6 nitrogen and oxygen atoms in total. The number of hydrogen-bond acceptors (Lipinski definition) is 4. The van der Waals surface area contributed by atoms with Crippen LogP contribution < -0.4 is 0 Å². The zero-order valence-corrected chi connectivity index (χ0v) is 15.5. The van der Waals surface area contributed by atoms with E-state index < -0.39 is 15.3 Å². The van der Waals surface area contributed by atoms with E-state index >= 15 is 0 Å². The van der Waals surface area contributed by atoms with Gasteiger partial charge in [0.1, 0.15) is 5.15 Å². The second-order valence-corrected chi connectivity index (χ2v) is 7.77. The van der Waals surface area contributed by atoms with Gasteiger partial charge in [0, 0.05) is 11.8 Å². The van der Waals surface area contributed by atoms with E-state index in [0.717, 1.165) is 22.3 Å². The van der Waals surface area contributed by atoms with Crippen LogP contribution in [-0.4, -0.2) is 27.9 Å². The second kappa shape index (κ2) is 6.77. The number of nitrogens with one attached hydrogen (secondary N) is 1. The summed E-state index contributed by atoms with van der Waals surface area (Å²) in [6, 6.07) is 16.8. The molecule has 4 rings (SSSR count). The second-order valence-electron chi connectivity index (χ2n) is 6.04. The molecule has 0 saturated heterocycles. The van der Waals surface area contributed by atoms with Crippen molar-refractivity contribution in [2.24, 2.45) is 0 Å². The van der Waals surface area contributed by atoms with Crippen molar-refractivity contribution in [2.45, 2.75) is 11.6 Å². The molecule has 2 aromatic heterocycles. The number of fused-ring (bicyclic) bond motifs is 1. The van der Waals surface area contributed by atoms with Crippen LogP contribution in [0.2, 0.25) is 5.15 Å². The highest BCUT2D eigenvalue weighted by atomic mass is 35.5. The Hall–Kier alpha value is -2.74. The Kier molecular flexibility index (Phi) is 4.43. The minimum Gasteiger partial charge on any atom is -0.327 e. The van der Waals surface area contributed by atoms with Crippen LogP contribution in [0, 0.1) is 0 Å². The minimum atomic E-state index is -4.43. The van der Waals surface area contributed by atoms with E-state index in [1.54, 1.807) is 18.3 Å². The maximum absolute atomic E-state index is 11.5. The summed E-state index contributed by atoms with van der Waals surface area (Å²) in [6.45, 7) is 0. The summed E-state index contributed by atoms with van der Waals surface area (Å²) in [5.41, 5.74) is 4.61. The van der Waals surface area contributed by atoms with Crippen LogP contribution in [0.15, 0.2) is 66.0 Å². The molecule has 0 spiro atoms. The first-order valence-corrected chi connectivity index (χ1v) is 9.88. The third-order valence-electron chi connectivity index (χ3n) is 4.21. The van der Waals surface area contributed by atoms with Crippen LogP contribution in [-0.2, 0) is 16.5 Å². The fraction of sp³-hybridized carbons (Fsp3) is 0.0526. The van der Waals surface area contributed by atoms with Gasteiger partial charge >= 0.3 is 10.1 Å². The zero-order chi connectivity index (χ0) is 19.0. The predicted molar refractivity (Wildman–Crippen MR) is 103 cm³/mol. The van der Waals surface area contributed by atoms with E-state index in [4.69, 9.17) is 11.6 Å². The molecule has 0 atom stereocenters. The Morgan fingerprint density at radius 3 is 2.48 bits per heavy atom. The number of pyridine rings is 1. The topological polar surface area (TPSA) is 95.9 Å². The highest BCUT2D eigenvalue weighted by molar-refractivity contribution is 7.85. The van der Waals surface area contributed by atoms with Gasteiger partial charge in [-0.1, -0.05) is 54.1 Å². The number of halogens is 1. The Balaban J connectivity index is 1.93. The van der Waals surface area contributed by atoms with E-state index in [0.29, 0.717) is 22.6 Å². The molecule has 27 heavy (non-hydrogen) atoms. The van der Waals surface area contributed by atoms with Crippen molar-refractivity contribution >= 4 is 32.8 Å². The molecular formula is C19H14ClN3O3S. The molecule has 4 aromatic rings. The van der Waals surface area contributed by atoms with E-state index in [9.17, 15) is 13.0 Å². The Morgan fingerprint density at radius 1 is 1.04 bits per heavy atom. The van der Waals surface area contributed by atoms with Gasteiger partial charge in [0.2, 0.25) is 0 Å². The van der Waals surface area contributed by atoms with E-state index in [-0.39, 0.29) is 0 Å². The van der Waals surface area contributed by atoms with E-state index in [1.807, 2.05) is 42.5 Å². The number of benzene rings is 2. The summed E-state index contributed by atoms with van der Waals surface area (Å²) in [5.74, 6) is 0. The van der Waals surface area contributed by atoms with E-state index in [1.165, 1.54) is 0 Å². The Labute approximate surface area is 160 Å². The summed E-state index contributed by atoms with van der Waals surface area (Å²) in [4.78, 5) is 10.9. The van der Waals surface area contributed by atoms with Crippen molar-refractivity contribution in [1.29, 1.82) is 0 Å². The fourth-order valence-corrected chi connectivity index (χ4v) is 3.58. The van der Waals surface area contributed by atoms with Crippen molar-refractivity contribution in [3.05, 3.63) is 77.1 Å². The van der Waals surface area contributed by atoms with Crippen LogP contribution in [0.5, 0.6) is 0 Å². The number of imidazole rings is 1. The quantitative estimate of drug-likeness (QED) is 0.397. The lowest BCUT2D eigenvalue weighted by Gasteiger charge is -2.11. The molecular weight excluding hydrogens is 386 g/mol. The number of H-pyrrole nitrogens is 1. The van der Waals surface area contributed by atoms with Crippen LogP contribution in [0.25, 0.3) is 22.2 Å². The molecule has 0 aliphatic heterocycles. The zero-order valence-electron chi connectivity index (χ0n) is 13.9. The standard InChI is InChI=1S/C19H14ClN3O3S/c20-16-9-6-12(11-21-16)10-14-7-8-15-18(23-19(22-15)27(24,25)26)17(14)13-4-2-1-3-5-13/h1-9,11H,10H2,(H,22,23)(H,24,25,26). The summed E-state index contributed by atoms with van der Waals surface area (Å²) in [7, 11) is -4.43. The Bertz CT molecular complexity index is 1220. The highest BCUT2D eigenvalue weighted by Crippen LogP contribution is 2.33. The van der Waals surface area contributed by atoms with Crippen molar-refractivity contribution in [3.63, 3.8) is 0 Å². The number of rotatable bonds is 4. The largest absolute Gasteiger partial charge is 0.328 e. The third kappa shape index (κ3) is 3.57. The van der Waals surface area contributed by atoms with Crippen LogP contribution in [0.3, 0.4) is 0 Å². The molecule has 0 fully saturated rings.